The normalized spacial score (nSPS) is 23.1. The number of rotatable bonds is 4. The molecular weight excluding hydrogens is 249 g/mol. The van der Waals surface area contributed by atoms with Crippen molar-refractivity contribution >= 4 is 11.4 Å². The molecular formula is C13H18FN3O2. The zero-order valence-electron chi connectivity index (χ0n) is 10.9. The average molecular weight is 267 g/mol. The number of non-ortho nitro benzene ring substituents is 1. The number of nitrogens with one attached hydrogen (secondary N) is 2. The molecule has 2 rings (SSSR count). The van der Waals surface area contributed by atoms with Gasteiger partial charge in [-0.3, -0.25) is 10.1 Å². The quantitative estimate of drug-likeness (QED) is 0.650. The molecule has 0 saturated carbocycles. The van der Waals surface area contributed by atoms with Crippen molar-refractivity contribution in [1.29, 1.82) is 0 Å². The molecule has 1 aromatic carbocycles. The Balaban J connectivity index is 2.01. The summed E-state index contributed by atoms with van der Waals surface area (Å²) >= 11 is 0. The number of nitrogens with zero attached hydrogens (tertiary/aromatic N) is 1. The summed E-state index contributed by atoms with van der Waals surface area (Å²) in [5.74, 6) is -0.582. The van der Waals surface area contributed by atoms with E-state index in [2.05, 4.69) is 17.6 Å². The number of halogens is 1. The van der Waals surface area contributed by atoms with Gasteiger partial charge in [0.15, 0.2) is 5.82 Å². The average Bonchev–Trinajstić information content (AvgIpc) is 2.38. The minimum atomic E-state index is -0.598. The molecule has 19 heavy (non-hydrogen) atoms. The van der Waals surface area contributed by atoms with Gasteiger partial charge < -0.3 is 10.6 Å². The molecule has 0 spiro atoms. The standard InChI is InChI=1S/C13H18FN3O2/c1-13(5-2-6-15-8-13)9-16-12-4-3-10(17(18)19)7-11(12)14/h3-4,7,15-16H,2,5-6,8-9H2,1H3. The summed E-state index contributed by atoms with van der Waals surface area (Å²) in [6.07, 6.45) is 2.20. The number of piperidine rings is 1. The van der Waals surface area contributed by atoms with E-state index in [9.17, 15) is 14.5 Å². The lowest BCUT2D eigenvalue weighted by Gasteiger charge is -2.34. The van der Waals surface area contributed by atoms with Crippen LogP contribution < -0.4 is 10.6 Å². The molecule has 1 heterocycles. The van der Waals surface area contributed by atoms with E-state index in [1.54, 1.807) is 0 Å². The molecule has 5 nitrogen and oxygen atoms in total. The van der Waals surface area contributed by atoms with Gasteiger partial charge in [-0.15, -0.1) is 0 Å². The molecule has 0 aliphatic carbocycles. The minimum Gasteiger partial charge on any atom is -0.382 e. The van der Waals surface area contributed by atoms with Crippen LogP contribution in [0.1, 0.15) is 19.8 Å². The molecule has 0 bridgehead atoms. The highest BCUT2D eigenvalue weighted by Gasteiger charge is 2.26. The van der Waals surface area contributed by atoms with Crippen LogP contribution >= 0.6 is 0 Å². The Hall–Kier alpha value is -1.69. The van der Waals surface area contributed by atoms with Gasteiger partial charge in [-0.2, -0.15) is 0 Å². The number of anilines is 1. The Kier molecular flexibility index (Phi) is 3.99. The van der Waals surface area contributed by atoms with Crippen molar-refractivity contribution in [2.45, 2.75) is 19.8 Å². The second kappa shape index (κ2) is 5.52. The molecule has 2 N–H and O–H groups in total. The summed E-state index contributed by atoms with van der Waals surface area (Å²) in [5.41, 5.74) is 0.179. The molecule has 104 valence electrons. The Bertz CT molecular complexity index is 473. The van der Waals surface area contributed by atoms with Gasteiger partial charge in [0.2, 0.25) is 0 Å². The van der Waals surface area contributed by atoms with Crippen LogP contribution in [-0.2, 0) is 0 Å². The zero-order valence-corrected chi connectivity index (χ0v) is 10.9. The van der Waals surface area contributed by atoms with Gasteiger partial charge in [0.05, 0.1) is 16.7 Å². The molecule has 1 unspecified atom stereocenters. The van der Waals surface area contributed by atoms with E-state index in [1.807, 2.05) is 0 Å². The maximum absolute atomic E-state index is 13.7. The van der Waals surface area contributed by atoms with Gasteiger partial charge in [0.25, 0.3) is 5.69 Å². The van der Waals surface area contributed by atoms with Gasteiger partial charge in [0.1, 0.15) is 0 Å². The van der Waals surface area contributed by atoms with Gasteiger partial charge in [-0.05, 0) is 30.9 Å². The van der Waals surface area contributed by atoms with Crippen LogP contribution in [0.3, 0.4) is 0 Å². The molecule has 1 atom stereocenters. The van der Waals surface area contributed by atoms with Gasteiger partial charge in [0, 0.05) is 19.2 Å². The van der Waals surface area contributed by atoms with Crippen molar-refractivity contribution in [3.63, 3.8) is 0 Å². The summed E-state index contributed by atoms with van der Waals surface area (Å²) < 4.78 is 13.7. The highest BCUT2D eigenvalue weighted by molar-refractivity contribution is 5.50. The summed E-state index contributed by atoms with van der Waals surface area (Å²) in [7, 11) is 0. The summed E-state index contributed by atoms with van der Waals surface area (Å²) in [4.78, 5) is 9.93. The Morgan fingerprint density at radius 1 is 1.58 bits per heavy atom. The van der Waals surface area contributed by atoms with Crippen LogP contribution in [0.5, 0.6) is 0 Å². The summed E-state index contributed by atoms with van der Waals surface area (Å²) in [6.45, 7) is 4.72. The van der Waals surface area contributed by atoms with Crippen molar-refractivity contribution in [1.82, 2.24) is 5.32 Å². The van der Waals surface area contributed by atoms with Crippen LogP contribution in [0.2, 0.25) is 0 Å². The lowest BCUT2D eigenvalue weighted by atomic mass is 9.83. The molecule has 1 saturated heterocycles. The van der Waals surface area contributed by atoms with Crippen molar-refractivity contribution in [3.8, 4) is 0 Å². The Morgan fingerprint density at radius 2 is 2.37 bits per heavy atom. The third-order valence-corrected chi connectivity index (χ3v) is 3.55. The fraction of sp³-hybridized carbons (Fsp3) is 0.538. The maximum atomic E-state index is 13.7. The molecule has 0 amide bonds. The van der Waals surface area contributed by atoms with E-state index in [0.717, 1.165) is 32.0 Å². The lowest BCUT2D eigenvalue weighted by molar-refractivity contribution is -0.385. The smallest absolute Gasteiger partial charge is 0.272 e. The fourth-order valence-corrected chi connectivity index (χ4v) is 2.34. The van der Waals surface area contributed by atoms with Crippen molar-refractivity contribution in [2.24, 2.45) is 5.41 Å². The number of hydrogen-bond donors (Lipinski definition) is 2. The number of nitro benzene ring substituents is 1. The van der Waals surface area contributed by atoms with Crippen LogP contribution in [0.4, 0.5) is 15.8 Å². The first-order chi connectivity index (χ1) is 9.00. The molecule has 1 aromatic rings. The molecule has 0 aromatic heterocycles. The van der Waals surface area contributed by atoms with E-state index in [4.69, 9.17) is 0 Å². The first-order valence-electron chi connectivity index (χ1n) is 6.39. The SMILES string of the molecule is CC1(CNc2ccc([N+](=O)[O-])cc2F)CCCNC1. The van der Waals surface area contributed by atoms with Gasteiger partial charge in [-0.1, -0.05) is 6.92 Å². The first-order valence-corrected chi connectivity index (χ1v) is 6.39. The van der Waals surface area contributed by atoms with E-state index in [-0.39, 0.29) is 11.1 Å². The van der Waals surface area contributed by atoms with Crippen LogP contribution in [-0.4, -0.2) is 24.6 Å². The minimum absolute atomic E-state index is 0.0897. The van der Waals surface area contributed by atoms with Crippen molar-refractivity contribution in [2.75, 3.05) is 25.0 Å². The van der Waals surface area contributed by atoms with Crippen LogP contribution in [0.15, 0.2) is 18.2 Å². The fourth-order valence-electron chi connectivity index (χ4n) is 2.34. The largest absolute Gasteiger partial charge is 0.382 e. The van der Waals surface area contributed by atoms with Crippen molar-refractivity contribution in [3.05, 3.63) is 34.1 Å². The molecule has 1 aliphatic heterocycles. The van der Waals surface area contributed by atoms with E-state index >= 15 is 0 Å². The predicted octanol–water partition coefficient (Wildman–Crippen LogP) is 2.54. The van der Waals surface area contributed by atoms with Gasteiger partial charge in [-0.25, -0.2) is 4.39 Å². The lowest BCUT2D eigenvalue weighted by Crippen LogP contribution is -2.42. The summed E-state index contributed by atoms with van der Waals surface area (Å²) in [6, 6.07) is 3.68. The topological polar surface area (TPSA) is 67.2 Å². The first kappa shape index (κ1) is 13.7. The Labute approximate surface area is 111 Å². The molecule has 0 radical (unpaired) electrons. The molecule has 1 fully saturated rings. The zero-order chi connectivity index (χ0) is 13.9. The van der Waals surface area contributed by atoms with Crippen LogP contribution in [0.25, 0.3) is 0 Å². The van der Waals surface area contributed by atoms with Gasteiger partial charge >= 0.3 is 0 Å². The molecule has 1 aliphatic rings. The maximum Gasteiger partial charge on any atom is 0.272 e. The number of benzene rings is 1. The van der Waals surface area contributed by atoms with Crippen molar-refractivity contribution < 1.29 is 9.31 Å². The Morgan fingerprint density at radius 3 is 2.95 bits per heavy atom. The predicted molar refractivity (Wildman–Crippen MR) is 71.8 cm³/mol. The van der Waals surface area contributed by atoms with E-state index < -0.39 is 10.7 Å². The second-order valence-electron chi connectivity index (χ2n) is 5.37. The van der Waals surface area contributed by atoms with Crippen LogP contribution in [0, 0.1) is 21.3 Å². The third-order valence-electron chi connectivity index (χ3n) is 3.55. The monoisotopic (exact) mass is 267 g/mol. The highest BCUT2D eigenvalue weighted by atomic mass is 19.1. The second-order valence-corrected chi connectivity index (χ2v) is 5.37. The molecule has 6 heteroatoms. The number of nitro groups is 1. The van der Waals surface area contributed by atoms with E-state index in [1.165, 1.54) is 12.1 Å². The summed E-state index contributed by atoms with van der Waals surface area (Å²) in [5, 5.41) is 16.9. The third kappa shape index (κ3) is 3.41. The number of hydrogen-bond acceptors (Lipinski definition) is 4. The highest BCUT2D eigenvalue weighted by Crippen LogP contribution is 2.27. The van der Waals surface area contributed by atoms with E-state index in [0.29, 0.717) is 12.2 Å².